The Morgan fingerprint density at radius 3 is 1.43 bits per heavy atom. The van der Waals surface area contributed by atoms with E-state index in [1.807, 2.05) is 66.7 Å². The summed E-state index contributed by atoms with van der Waals surface area (Å²) in [4.78, 5) is 10.1. The van der Waals surface area contributed by atoms with Gasteiger partial charge in [-0.2, -0.15) is 0 Å². The Hall–Kier alpha value is -4.34. The number of aliphatic hydroxyl groups excluding tert-OH is 1. The van der Waals surface area contributed by atoms with Gasteiger partial charge in [-0.15, -0.1) is 6.58 Å². The Morgan fingerprint density at radius 2 is 0.955 bits per heavy atom. The van der Waals surface area contributed by atoms with E-state index < -0.39 is 0 Å². The number of nitrogens with zero attached hydrogens (tertiary/aromatic N) is 2. The Bertz CT molecular complexity index is 1620. The predicted molar refractivity (Wildman–Crippen MR) is 173 cm³/mol. The molecule has 0 amide bonds. The molecule has 3 aromatic carbocycles. The van der Waals surface area contributed by atoms with E-state index in [2.05, 4.69) is 30.8 Å². The molecular weight excluding hydrogens is 556 g/mol. The zero-order chi connectivity index (χ0) is 30.4. The second-order valence-corrected chi connectivity index (χ2v) is 9.99. The molecule has 8 nitrogen and oxygen atoms in total. The highest BCUT2D eigenvalue weighted by molar-refractivity contribution is 6.04. The monoisotopic (exact) mass is 594 g/mol. The minimum absolute atomic E-state index is 0.0210. The van der Waals surface area contributed by atoms with Gasteiger partial charge in [0, 0.05) is 21.9 Å². The van der Waals surface area contributed by atoms with Crippen molar-refractivity contribution in [3.05, 3.63) is 97.6 Å². The first-order valence-electron chi connectivity index (χ1n) is 14.9. The van der Waals surface area contributed by atoms with Crippen LogP contribution in [0, 0.1) is 0 Å². The van der Waals surface area contributed by atoms with E-state index in [0.717, 1.165) is 62.2 Å². The van der Waals surface area contributed by atoms with Crippen LogP contribution < -0.4 is 9.47 Å². The lowest BCUT2D eigenvalue weighted by Crippen LogP contribution is -2.13. The topological polar surface area (TPSA) is 92.2 Å². The van der Waals surface area contributed by atoms with E-state index in [1.165, 1.54) is 0 Å². The third-order valence-electron chi connectivity index (χ3n) is 6.89. The third kappa shape index (κ3) is 8.61. The molecule has 8 heteroatoms. The van der Waals surface area contributed by atoms with Gasteiger partial charge in [0.1, 0.15) is 18.1 Å². The molecule has 5 rings (SSSR count). The molecular formula is C36H38N2O6. The molecule has 2 aromatic heterocycles. The Balaban J connectivity index is 1.20. The number of ether oxygens (including phenoxy) is 5. The Kier molecular flexibility index (Phi) is 11.7. The SMILES string of the molecule is C=CCCOc1ccc(-c2ccc3ccc4ccc(-c5ccc(OCCOCCOCCOCCO)cc5)nc4c3n2)cc1. The van der Waals surface area contributed by atoms with E-state index in [9.17, 15) is 0 Å². The van der Waals surface area contributed by atoms with Gasteiger partial charge in [-0.25, -0.2) is 9.97 Å². The fourth-order valence-corrected chi connectivity index (χ4v) is 4.62. The molecule has 0 spiro atoms. The summed E-state index contributed by atoms with van der Waals surface area (Å²) in [6, 6.07) is 28.4. The molecule has 0 aliphatic rings. The minimum Gasteiger partial charge on any atom is -0.493 e. The Morgan fingerprint density at radius 1 is 0.523 bits per heavy atom. The van der Waals surface area contributed by atoms with Crippen LogP contribution in [-0.2, 0) is 14.2 Å². The lowest BCUT2D eigenvalue weighted by molar-refractivity contribution is 0.00361. The van der Waals surface area contributed by atoms with E-state index in [0.29, 0.717) is 52.9 Å². The van der Waals surface area contributed by atoms with Gasteiger partial charge in [-0.3, -0.25) is 0 Å². The second-order valence-electron chi connectivity index (χ2n) is 9.99. The normalized spacial score (nSPS) is 11.2. The van der Waals surface area contributed by atoms with Crippen LogP contribution in [0.2, 0.25) is 0 Å². The first-order chi connectivity index (χ1) is 21.7. The van der Waals surface area contributed by atoms with Crippen LogP contribution in [0.1, 0.15) is 6.42 Å². The van der Waals surface area contributed by atoms with Crippen LogP contribution in [0.4, 0.5) is 0 Å². The highest BCUT2D eigenvalue weighted by atomic mass is 16.6. The van der Waals surface area contributed by atoms with Gasteiger partial charge in [0.25, 0.3) is 0 Å². The molecule has 228 valence electrons. The standard InChI is InChI=1S/C36H38N2O6/c1-2-3-19-43-31-12-6-27(7-13-31)33-16-10-29-4-5-30-11-17-34(38-36(30)35(29)37-33)28-8-14-32(15-9-28)44-26-25-42-24-23-41-22-21-40-20-18-39/h2,4-17,39H,1,3,18-26H2. The summed E-state index contributed by atoms with van der Waals surface area (Å²) in [6.07, 6.45) is 2.66. The lowest BCUT2D eigenvalue weighted by Gasteiger charge is -2.10. The predicted octanol–water partition coefficient (Wildman–Crippen LogP) is 6.49. The quantitative estimate of drug-likeness (QED) is 0.0699. The summed E-state index contributed by atoms with van der Waals surface area (Å²) in [5.74, 6) is 1.60. The largest absolute Gasteiger partial charge is 0.493 e. The van der Waals surface area contributed by atoms with E-state index >= 15 is 0 Å². The van der Waals surface area contributed by atoms with Crippen molar-refractivity contribution in [3.63, 3.8) is 0 Å². The van der Waals surface area contributed by atoms with Crippen molar-refractivity contribution >= 4 is 21.8 Å². The van der Waals surface area contributed by atoms with Gasteiger partial charge in [0.05, 0.1) is 75.3 Å². The maximum Gasteiger partial charge on any atom is 0.119 e. The van der Waals surface area contributed by atoms with Crippen LogP contribution in [-0.4, -0.2) is 74.5 Å². The summed E-state index contributed by atoms with van der Waals surface area (Å²) in [5.41, 5.74) is 5.51. The van der Waals surface area contributed by atoms with Crippen molar-refractivity contribution in [1.29, 1.82) is 0 Å². The van der Waals surface area contributed by atoms with Crippen molar-refractivity contribution < 1.29 is 28.8 Å². The molecule has 44 heavy (non-hydrogen) atoms. The molecule has 0 saturated carbocycles. The second kappa shape index (κ2) is 16.5. The molecule has 0 fully saturated rings. The highest BCUT2D eigenvalue weighted by Crippen LogP contribution is 2.30. The zero-order valence-electron chi connectivity index (χ0n) is 24.8. The van der Waals surface area contributed by atoms with Gasteiger partial charge in [-0.1, -0.05) is 30.3 Å². The Labute approximate surface area is 257 Å². The number of hydrogen-bond donors (Lipinski definition) is 1. The average molecular weight is 595 g/mol. The van der Waals surface area contributed by atoms with Crippen LogP contribution >= 0.6 is 0 Å². The summed E-state index contributed by atoms with van der Waals surface area (Å²) in [6.45, 7) is 7.53. The van der Waals surface area contributed by atoms with E-state index in [4.69, 9.17) is 38.8 Å². The molecule has 0 saturated heterocycles. The van der Waals surface area contributed by atoms with Gasteiger partial charge in [-0.05, 0) is 67.1 Å². The molecule has 0 unspecified atom stereocenters. The summed E-state index contributed by atoms with van der Waals surface area (Å²) >= 11 is 0. The summed E-state index contributed by atoms with van der Waals surface area (Å²) < 4.78 is 27.7. The molecule has 0 radical (unpaired) electrons. The molecule has 2 heterocycles. The fourth-order valence-electron chi connectivity index (χ4n) is 4.62. The summed E-state index contributed by atoms with van der Waals surface area (Å²) in [5, 5.41) is 10.7. The number of fused-ring (bicyclic) bond motifs is 3. The minimum atomic E-state index is 0.0210. The van der Waals surface area contributed by atoms with Gasteiger partial charge in [0.15, 0.2) is 0 Å². The van der Waals surface area contributed by atoms with E-state index in [-0.39, 0.29) is 6.61 Å². The van der Waals surface area contributed by atoms with Gasteiger partial charge < -0.3 is 28.8 Å². The molecule has 0 aliphatic carbocycles. The number of aromatic nitrogens is 2. The van der Waals surface area contributed by atoms with Crippen LogP contribution in [0.5, 0.6) is 11.5 Å². The van der Waals surface area contributed by atoms with Crippen molar-refractivity contribution in [3.8, 4) is 34.0 Å². The van der Waals surface area contributed by atoms with Crippen molar-refractivity contribution in [1.82, 2.24) is 9.97 Å². The maximum absolute atomic E-state index is 8.66. The van der Waals surface area contributed by atoms with Gasteiger partial charge in [0.2, 0.25) is 0 Å². The zero-order valence-corrected chi connectivity index (χ0v) is 24.8. The van der Waals surface area contributed by atoms with Crippen molar-refractivity contribution in [2.75, 3.05) is 59.5 Å². The fraction of sp³-hybridized carbons (Fsp3) is 0.278. The molecule has 0 bridgehead atoms. The number of benzene rings is 3. The number of pyridine rings is 2. The number of hydrogen-bond acceptors (Lipinski definition) is 8. The molecule has 0 atom stereocenters. The van der Waals surface area contributed by atoms with Crippen LogP contribution in [0.15, 0.2) is 97.6 Å². The molecule has 0 aliphatic heterocycles. The maximum atomic E-state index is 8.66. The molecule has 5 aromatic rings. The lowest BCUT2D eigenvalue weighted by atomic mass is 10.1. The number of rotatable bonds is 18. The average Bonchev–Trinajstić information content (AvgIpc) is 3.07. The molecule has 1 N–H and O–H groups in total. The number of aliphatic hydroxyl groups is 1. The van der Waals surface area contributed by atoms with Crippen LogP contribution in [0.25, 0.3) is 44.3 Å². The van der Waals surface area contributed by atoms with Crippen molar-refractivity contribution in [2.24, 2.45) is 0 Å². The third-order valence-corrected chi connectivity index (χ3v) is 6.89. The van der Waals surface area contributed by atoms with Crippen molar-refractivity contribution in [2.45, 2.75) is 6.42 Å². The van der Waals surface area contributed by atoms with Gasteiger partial charge >= 0.3 is 0 Å². The smallest absolute Gasteiger partial charge is 0.119 e. The van der Waals surface area contributed by atoms with Crippen LogP contribution in [0.3, 0.4) is 0 Å². The van der Waals surface area contributed by atoms with E-state index in [1.54, 1.807) is 0 Å². The first kappa shape index (κ1) is 31.1. The highest BCUT2D eigenvalue weighted by Gasteiger charge is 2.09. The first-order valence-corrected chi connectivity index (χ1v) is 14.9. The summed E-state index contributed by atoms with van der Waals surface area (Å²) in [7, 11) is 0.